The fraction of sp³-hybridized carbons (Fsp3) is 0.148. The van der Waals surface area contributed by atoms with Crippen LogP contribution in [0, 0.1) is 0 Å². The summed E-state index contributed by atoms with van der Waals surface area (Å²) < 4.78 is 0.996. The van der Waals surface area contributed by atoms with E-state index in [0.29, 0.717) is 41.8 Å². The minimum absolute atomic E-state index is 0.0562. The van der Waals surface area contributed by atoms with Crippen molar-refractivity contribution in [3.63, 3.8) is 0 Å². The fourth-order valence-electron chi connectivity index (χ4n) is 4.20. The third kappa shape index (κ3) is 5.45. The lowest BCUT2D eigenvalue weighted by Crippen LogP contribution is -2.31. The SMILES string of the molecule is Nc1n[nH]c2cc(-c3nc(C(Cc4ccccc4)NC(=O)CCc4cccc(Br)c4)[nH]c3Cl)ccc12. The normalized spacial score (nSPS) is 12.1. The number of nitrogens with two attached hydrogens (primary N) is 1. The van der Waals surface area contributed by atoms with E-state index in [9.17, 15) is 4.79 Å². The van der Waals surface area contributed by atoms with Crippen molar-refractivity contribution >= 4 is 50.2 Å². The van der Waals surface area contributed by atoms with Gasteiger partial charge >= 0.3 is 0 Å². The maximum atomic E-state index is 13.0. The molecule has 0 aliphatic carbocycles. The summed E-state index contributed by atoms with van der Waals surface area (Å²) >= 11 is 10.1. The van der Waals surface area contributed by atoms with Crippen molar-refractivity contribution in [2.45, 2.75) is 25.3 Å². The predicted molar refractivity (Wildman–Crippen MR) is 147 cm³/mol. The maximum absolute atomic E-state index is 13.0. The van der Waals surface area contributed by atoms with Crippen LogP contribution in [0.15, 0.2) is 77.3 Å². The van der Waals surface area contributed by atoms with Gasteiger partial charge in [0.2, 0.25) is 5.91 Å². The number of H-pyrrole nitrogens is 2. The molecule has 5 rings (SSSR count). The lowest BCUT2D eigenvalue weighted by atomic mass is 10.0. The molecule has 2 aromatic heterocycles. The fourth-order valence-corrected chi connectivity index (χ4v) is 4.89. The first-order valence-electron chi connectivity index (χ1n) is 11.5. The van der Waals surface area contributed by atoms with Crippen LogP contribution in [0.3, 0.4) is 0 Å². The number of carbonyl (C=O) groups excluding carboxylic acids is 1. The average Bonchev–Trinajstić information content (AvgIpc) is 3.45. The number of fused-ring (bicyclic) bond motifs is 1. The molecule has 2 heterocycles. The number of hydrogen-bond acceptors (Lipinski definition) is 4. The molecule has 7 nitrogen and oxygen atoms in total. The molecule has 0 saturated heterocycles. The summed E-state index contributed by atoms with van der Waals surface area (Å²) in [6.45, 7) is 0. The van der Waals surface area contributed by atoms with Crippen molar-refractivity contribution < 1.29 is 4.79 Å². The third-order valence-corrected chi connectivity index (χ3v) is 6.79. The minimum atomic E-state index is -0.375. The van der Waals surface area contributed by atoms with E-state index in [1.165, 1.54) is 0 Å². The first-order chi connectivity index (χ1) is 17.5. The first-order valence-corrected chi connectivity index (χ1v) is 12.7. The molecule has 1 atom stereocenters. The Hall–Kier alpha value is -3.62. The second-order valence-electron chi connectivity index (χ2n) is 8.59. The standard InChI is InChI=1S/C27H24BrClN6O/c28-19-8-4-7-17(13-19)9-12-23(36)31-22(14-16-5-2-1-3-6-16)27-32-24(25(29)33-27)18-10-11-20-21(15-18)34-35-26(20)30/h1-8,10-11,13,15,22H,9,12,14H2,(H,31,36)(H,32,33)(H3,30,34,35). The highest BCUT2D eigenvalue weighted by molar-refractivity contribution is 9.10. The topological polar surface area (TPSA) is 112 Å². The number of nitrogen functional groups attached to an aromatic ring is 1. The number of amides is 1. The van der Waals surface area contributed by atoms with Crippen LogP contribution in [-0.2, 0) is 17.6 Å². The van der Waals surface area contributed by atoms with Gasteiger partial charge in [0.1, 0.15) is 16.7 Å². The number of aryl methyl sites for hydroxylation is 1. The smallest absolute Gasteiger partial charge is 0.220 e. The summed E-state index contributed by atoms with van der Waals surface area (Å²) in [6.07, 6.45) is 1.57. The second-order valence-corrected chi connectivity index (χ2v) is 9.89. The van der Waals surface area contributed by atoms with Gasteiger partial charge in [-0.15, -0.1) is 0 Å². The minimum Gasteiger partial charge on any atom is -0.382 e. The van der Waals surface area contributed by atoms with Gasteiger partial charge in [0.25, 0.3) is 0 Å². The summed E-state index contributed by atoms with van der Waals surface area (Å²) in [4.78, 5) is 21.0. The molecule has 0 spiro atoms. The Bertz CT molecular complexity index is 1510. The van der Waals surface area contributed by atoms with E-state index in [4.69, 9.17) is 22.3 Å². The molecule has 0 aliphatic heterocycles. The van der Waals surface area contributed by atoms with Crippen molar-refractivity contribution in [3.8, 4) is 11.3 Å². The molecule has 182 valence electrons. The molecule has 0 fully saturated rings. The third-order valence-electron chi connectivity index (χ3n) is 6.02. The van der Waals surface area contributed by atoms with Crippen LogP contribution in [0.4, 0.5) is 5.82 Å². The lowest BCUT2D eigenvalue weighted by Gasteiger charge is -2.17. The molecule has 0 aliphatic rings. The van der Waals surface area contributed by atoms with Crippen LogP contribution in [0.5, 0.6) is 0 Å². The van der Waals surface area contributed by atoms with Gasteiger partial charge in [-0.2, -0.15) is 5.10 Å². The van der Waals surface area contributed by atoms with Gasteiger partial charge in [-0.05, 0) is 48.2 Å². The summed E-state index contributed by atoms with van der Waals surface area (Å²) in [7, 11) is 0. The van der Waals surface area contributed by atoms with Crippen LogP contribution < -0.4 is 11.1 Å². The summed E-state index contributed by atoms with van der Waals surface area (Å²) in [6, 6.07) is 23.3. The van der Waals surface area contributed by atoms with Crippen LogP contribution in [0.2, 0.25) is 5.15 Å². The second kappa shape index (κ2) is 10.6. The number of aromatic nitrogens is 4. The zero-order chi connectivity index (χ0) is 25.1. The Kier molecular flexibility index (Phi) is 7.06. The lowest BCUT2D eigenvalue weighted by molar-refractivity contribution is -0.121. The van der Waals surface area contributed by atoms with E-state index in [0.717, 1.165) is 32.1 Å². The Morgan fingerprint density at radius 1 is 1.06 bits per heavy atom. The Labute approximate surface area is 221 Å². The quantitative estimate of drug-likeness (QED) is 0.186. The van der Waals surface area contributed by atoms with Crippen LogP contribution in [0.25, 0.3) is 22.2 Å². The first kappa shape index (κ1) is 24.1. The average molecular weight is 564 g/mol. The van der Waals surface area contributed by atoms with Crippen molar-refractivity contribution in [2.75, 3.05) is 5.73 Å². The Morgan fingerprint density at radius 2 is 1.86 bits per heavy atom. The summed E-state index contributed by atoms with van der Waals surface area (Å²) in [5.41, 5.74) is 10.3. The Balaban J connectivity index is 1.39. The van der Waals surface area contributed by atoms with Gasteiger partial charge in [0, 0.05) is 21.8 Å². The Morgan fingerprint density at radius 3 is 2.67 bits per heavy atom. The van der Waals surface area contributed by atoms with E-state index >= 15 is 0 Å². The van der Waals surface area contributed by atoms with E-state index in [1.807, 2.05) is 72.8 Å². The van der Waals surface area contributed by atoms with Crippen LogP contribution in [-0.4, -0.2) is 26.1 Å². The molecule has 0 bridgehead atoms. The summed E-state index contributed by atoms with van der Waals surface area (Å²) in [5.74, 6) is 0.983. The van der Waals surface area contributed by atoms with Gasteiger partial charge in [-0.3, -0.25) is 9.89 Å². The molecule has 1 unspecified atom stereocenters. The molecule has 3 aromatic carbocycles. The number of benzene rings is 3. The number of halogens is 2. The van der Waals surface area contributed by atoms with Gasteiger partial charge in [-0.1, -0.05) is 76.1 Å². The number of rotatable bonds is 8. The van der Waals surface area contributed by atoms with Gasteiger partial charge in [-0.25, -0.2) is 4.98 Å². The number of nitrogens with one attached hydrogen (secondary N) is 3. The highest BCUT2D eigenvalue weighted by Crippen LogP contribution is 2.31. The number of anilines is 1. The highest BCUT2D eigenvalue weighted by Gasteiger charge is 2.22. The predicted octanol–water partition coefficient (Wildman–Crippen LogP) is 5.98. The molecule has 0 saturated carbocycles. The van der Waals surface area contributed by atoms with Gasteiger partial charge in [0.15, 0.2) is 5.82 Å². The van der Waals surface area contributed by atoms with Crippen LogP contribution in [0.1, 0.15) is 29.4 Å². The van der Waals surface area contributed by atoms with Crippen molar-refractivity contribution in [2.24, 2.45) is 0 Å². The zero-order valence-corrected chi connectivity index (χ0v) is 21.6. The van der Waals surface area contributed by atoms with Crippen molar-refractivity contribution in [1.82, 2.24) is 25.5 Å². The van der Waals surface area contributed by atoms with Gasteiger partial charge < -0.3 is 16.0 Å². The monoisotopic (exact) mass is 562 g/mol. The number of aromatic amines is 2. The molecule has 36 heavy (non-hydrogen) atoms. The molecule has 5 aromatic rings. The molecule has 0 radical (unpaired) electrons. The zero-order valence-electron chi connectivity index (χ0n) is 19.3. The maximum Gasteiger partial charge on any atom is 0.220 e. The van der Waals surface area contributed by atoms with Gasteiger partial charge in [0.05, 0.1) is 11.6 Å². The number of carbonyl (C=O) groups is 1. The van der Waals surface area contributed by atoms with E-state index < -0.39 is 0 Å². The molecule has 9 heteroatoms. The molecule has 1 amide bonds. The van der Waals surface area contributed by atoms with E-state index in [2.05, 4.69) is 36.4 Å². The molecule has 5 N–H and O–H groups in total. The molecular weight excluding hydrogens is 540 g/mol. The molecular formula is C27H24BrClN6O. The van der Waals surface area contributed by atoms with E-state index in [-0.39, 0.29) is 11.9 Å². The largest absolute Gasteiger partial charge is 0.382 e. The van der Waals surface area contributed by atoms with E-state index in [1.54, 1.807) is 0 Å². The van der Waals surface area contributed by atoms with Crippen molar-refractivity contribution in [1.29, 1.82) is 0 Å². The van der Waals surface area contributed by atoms with Crippen LogP contribution >= 0.6 is 27.5 Å². The number of imidazole rings is 1. The number of hydrogen-bond donors (Lipinski definition) is 4. The highest BCUT2D eigenvalue weighted by atomic mass is 79.9. The van der Waals surface area contributed by atoms with Crippen molar-refractivity contribution in [3.05, 3.63) is 99.4 Å². The number of nitrogens with zero attached hydrogens (tertiary/aromatic N) is 2. The summed E-state index contributed by atoms with van der Waals surface area (Å²) in [5, 5.41) is 11.4.